The van der Waals surface area contributed by atoms with Crippen LogP contribution in [-0.4, -0.2) is 53.8 Å². The number of hydrogen-bond donors (Lipinski definition) is 2. The summed E-state index contributed by atoms with van der Waals surface area (Å²) in [6.45, 7) is 3.14. The van der Waals surface area contributed by atoms with E-state index >= 15 is 0 Å². The molecule has 3 heterocycles. The number of fused-ring (bicyclic) bond motifs is 1. The number of amides is 2. The van der Waals surface area contributed by atoms with Gasteiger partial charge in [-0.3, -0.25) is 19.5 Å². The zero-order valence-corrected chi connectivity index (χ0v) is 21.5. The van der Waals surface area contributed by atoms with Crippen LogP contribution in [0.1, 0.15) is 52.9 Å². The number of ether oxygens (including phenoxy) is 1. The average molecular weight is 525 g/mol. The van der Waals surface area contributed by atoms with Gasteiger partial charge in [-0.2, -0.15) is 8.78 Å². The maximum Gasteiger partial charge on any atom is 0.286 e. The second-order valence-corrected chi connectivity index (χ2v) is 9.39. The van der Waals surface area contributed by atoms with E-state index in [0.717, 1.165) is 35.2 Å². The van der Waals surface area contributed by atoms with Gasteiger partial charge in [0, 0.05) is 56.3 Å². The number of β-amino-alcohol motifs (C(OH)–C–C–N with tert-alkyl or cyclic N) is 1. The standard InChI is InChI=1S/C28H30F2N4O4/c1-17-4-5-21(33-27(37)19-6-8-31-24(13-19)28(2,29)30)15-22(17)20-12-23-18(7-11-38-3)14-25(36)34(9-10-35)26(23)32-16-20/h4-6,8,12-13,15-16,18,35H,7,9-11,14H2,1-3H3,(H,33,37). The minimum Gasteiger partial charge on any atom is -0.395 e. The molecular weight excluding hydrogens is 494 g/mol. The lowest BCUT2D eigenvalue weighted by Crippen LogP contribution is -2.39. The van der Waals surface area contributed by atoms with Gasteiger partial charge in [-0.15, -0.1) is 0 Å². The number of rotatable bonds is 9. The van der Waals surface area contributed by atoms with E-state index in [2.05, 4.69) is 15.3 Å². The van der Waals surface area contributed by atoms with Gasteiger partial charge in [0.2, 0.25) is 5.91 Å². The smallest absolute Gasteiger partial charge is 0.286 e. The molecule has 3 aromatic rings. The number of alkyl halides is 2. The van der Waals surface area contributed by atoms with Crippen molar-refractivity contribution in [1.82, 2.24) is 9.97 Å². The fourth-order valence-corrected chi connectivity index (χ4v) is 4.57. The molecule has 0 fully saturated rings. The lowest BCUT2D eigenvalue weighted by molar-refractivity contribution is -0.119. The molecule has 0 saturated heterocycles. The van der Waals surface area contributed by atoms with Crippen molar-refractivity contribution in [3.05, 3.63) is 71.2 Å². The predicted molar refractivity (Wildman–Crippen MR) is 139 cm³/mol. The highest BCUT2D eigenvalue weighted by molar-refractivity contribution is 6.04. The number of anilines is 2. The molecule has 1 aliphatic heterocycles. The van der Waals surface area contributed by atoms with Crippen molar-refractivity contribution in [2.24, 2.45) is 0 Å². The Hall–Kier alpha value is -3.76. The molecule has 0 saturated carbocycles. The molecular formula is C28H30F2N4O4. The summed E-state index contributed by atoms with van der Waals surface area (Å²) in [6.07, 6.45) is 3.79. The Labute approximate surface area is 219 Å². The number of carbonyl (C=O) groups is 2. The first-order chi connectivity index (χ1) is 18.1. The monoisotopic (exact) mass is 524 g/mol. The molecule has 2 amide bonds. The highest BCUT2D eigenvalue weighted by atomic mass is 19.3. The fourth-order valence-electron chi connectivity index (χ4n) is 4.57. The molecule has 10 heteroatoms. The van der Waals surface area contributed by atoms with Crippen LogP contribution in [0, 0.1) is 6.92 Å². The minimum atomic E-state index is -3.16. The van der Waals surface area contributed by atoms with E-state index in [1.165, 1.54) is 17.2 Å². The van der Waals surface area contributed by atoms with Crippen LogP contribution in [0.3, 0.4) is 0 Å². The van der Waals surface area contributed by atoms with Crippen LogP contribution in [0.4, 0.5) is 20.3 Å². The second-order valence-electron chi connectivity index (χ2n) is 9.39. The maximum atomic E-state index is 13.7. The number of aromatic nitrogens is 2. The molecule has 0 aliphatic carbocycles. The third-order valence-corrected chi connectivity index (χ3v) is 6.59. The molecule has 1 atom stereocenters. The summed E-state index contributed by atoms with van der Waals surface area (Å²) >= 11 is 0. The summed E-state index contributed by atoms with van der Waals surface area (Å²) in [7, 11) is 1.61. The van der Waals surface area contributed by atoms with Gasteiger partial charge in [-0.05, 0) is 66.3 Å². The number of pyridine rings is 2. The van der Waals surface area contributed by atoms with Crippen LogP contribution in [0.25, 0.3) is 11.1 Å². The lowest BCUT2D eigenvalue weighted by atomic mass is 9.87. The number of hydrogen-bond acceptors (Lipinski definition) is 6. The molecule has 0 radical (unpaired) electrons. The highest BCUT2D eigenvalue weighted by Gasteiger charge is 2.32. The third-order valence-electron chi connectivity index (χ3n) is 6.59. The van der Waals surface area contributed by atoms with E-state index < -0.39 is 17.5 Å². The van der Waals surface area contributed by atoms with Crippen LogP contribution >= 0.6 is 0 Å². The van der Waals surface area contributed by atoms with Gasteiger partial charge in [0.05, 0.1) is 13.2 Å². The van der Waals surface area contributed by atoms with E-state index in [1.807, 2.05) is 19.1 Å². The Morgan fingerprint density at radius 2 is 2.03 bits per heavy atom. The van der Waals surface area contributed by atoms with Crippen LogP contribution in [0.15, 0.2) is 48.8 Å². The Morgan fingerprint density at radius 3 is 2.74 bits per heavy atom. The molecule has 2 aromatic heterocycles. The van der Waals surface area contributed by atoms with Crippen molar-refractivity contribution in [3.63, 3.8) is 0 Å². The van der Waals surface area contributed by atoms with Crippen LogP contribution in [0.2, 0.25) is 0 Å². The third kappa shape index (κ3) is 5.87. The van der Waals surface area contributed by atoms with Gasteiger partial charge in [0.15, 0.2) is 0 Å². The number of nitrogens with one attached hydrogen (secondary N) is 1. The molecule has 200 valence electrons. The van der Waals surface area contributed by atoms with Gasteiger partial charge in [0.1, 0.15) is 11.5 Å². The molecule has 1 aliphatic rings. The number of nitrogens with zero attached hydrogens (tertiary/aromatic N) is 3. The summed E-state index contributed by atoms with van der Waals surface area (Å²) in [5.74, 6) is -3.34. The average Bonchev–Trinajstić information content (AvgIpc) is 2.89. The molecule has 1 unspecified atom stereocenters. The fraction of sp³-hybridized carbons (Fsp3) is 0.357. The number of methoxy groups -OCH3 is 1. The number of carbonyl (C=O) groups excluding carboxylic acids is 2. The SMILES string of the molecule is COCCC1CC(=O)N(CCO)c2ncc(-c3cc(NC(=O)c4ccnc(C(C)(F)F)c4)ccc3C)cc21. The van der Waals surface area contributed by atoms with Crippen molar-refractivity contribution >= 4 is 23.3 Å². The van der Waals surface area contributed by atoms with Crippen molar-refractivity contribution in [2.75, 3.05) is 37.1 Å². The topological polar surface area (TPSA) is 105 Å². The number of benzene rings is 1. The molecule has 0 spiro atoms. The Kier molecular flexibility index (Phi) is 8.13. The maximum absolute atomic E-state index is 13.7. The van der Waals surface area contributed by atoms with E-state index in [-0.39, 0.29) is 30.5 Å². The Morgan fingerprint density at radius 1 is 1.24 bits per heavy atom. The number of aliphatic hydroxyl groups excluding tert-OH is 1. The van der Waals surface area contributed by atoms with E-state index in [4.69, 9.17) is 4.74 Å². The Balaban J connectivity index is 1.66. The minimum absolute atomic E-state index is 0.0729. The number of halogens is 2. The molecule has 8 nitrogen and oxygen atoms in total. The highest BCUT2D eigenvalue weighted by Crippen LogP contribution is 2.39. The van der Waals surface area contributed by atoms with E-state index in [1.54, 1.807) is 25.4 Å². The summed E-state index contributed by atoms with van der Waals surface area (Å²) in [5.41, 5.74) is 3.54. The van der Waals surface area contributed by atoms with Gasteiger partial charge < -0.3 is 15.2 Å². The van der Waals surface area contributed by atoms with Crippen molar-refractivity contribution in [2.45, 2.75) is 38.5 Å². The summed E-state index contributed by atoms with van der Waals surface area (Å²) < 4.78 is 32.6. The second kappa shape index (κ2) is 11.3. The molecule has 0 bridgehead atoms. The summed E-state index contributed by atoms with van der Waals surface area (Å²) in [4.78, 5) is 35.3. The predicted octanol–water partition coefficient (Wildman–Crippen LogP) is 4.67. The van der Waals surface area contributed by atoms with E-state index in [9.17, 15) is 23.5 Å². The number of aliphatic hydroxyl groups is 1. The first-order valence-electron chi connectivity index (χ1n) is 12.3. The zero-order chi connectivity index (χ0) is 27.4. The molecule has 38 heavy (non-hydrogen) atoms. The van der Waals surface area contributed by atoms with Gasteiger partial charge in [-0.25, -0.2) is 4.98 Å². The van der Waals surface area contributed by atoms with Gasteiger partial charge >= 0.3 is 0 Å². The Bertz CT molecular complexity index is 1340. The summed E-state index contributed by atoms with van der Waals surface area (Å²) in [5, 5.41) is 12.2. The largest absolute Gasteiger partial charge is 0.395 e. The van der Waals surface area contributed by atoms with Crippen LogP contribution in [0.5, 0.6) is 0 Å². The molecule has 4 rings (SSSR count). The lowest BCUT2D eigenvalue weighted by Gasteiger charge is -2.33. The molecule has 2 N–H and O–H groups in total. The normalized spacial score (nSPS) is 15.4. The van der Waals surface area contributed by atoms with Crippen LogP contribution < -0.4 is 10.2 Å². The zero-order valence-electron chi connectivity index (χ0n) is 21.5. The van der Waals surface area contributed by atoms with Crippen molar-refractivity contribution < 1.29 is 28.2 Å². The van der Waals surface area contributed by atoms with Crippen molar-refractivity contribution in [3.8, 4) is 11.1 Å². The first-order valence-corrected chi connectivity index (χ1v) is 12.3. The van der Waals surface area contributed by atoms with Gasteiger partial charge in [0.25, 0.3) is 11.8 Å². The van der Waals surface area contributed by atoms with Crippen LogP contribution in [-0.2, 0) is 15.5 Å². The quantitative estimate of drug-likeness (QED) is 0.422. The first kappa shape index (κ1) is 27.3. The number of aryl methyl sites for hydroxylation is 1. The van der Waals surface area contributed by atoms with Gasteiger partial charge in [-0.1, -0.05) is 6.07 Å². The summed E-state index contributed by atoms with van der Waals surface area (Å²) in [6, 6.07) is 9.85. The molecule has 1 aromatic carbocycles. The van der Waals surface area contributed by atoms with Crippen molar-refractivity contribution in [1.29, 1.82) is 0 Å². The van der Waals surface area contributed by atoms with E-state index in [0.29, 0.717) is 31.0 Å².